The first-order valence-electron chi connectivity index (χ1n) is 7.08. The summed E-state index contributed by atoms with van der Waals surface area (Å²) in [4.78, 5) is 10.9. The van der Waals surface area contributed by atoms with E-state index < -0.39 is 0 Å². The van der Waals surface area contributed by atoms with E-state index >= 15 is 0 Å². The van der Waals surface area contributed by atoms with Gasteiger partial charge < -0.3 is 15.3 Å². The van der Waals surface area contributed by atoms with Gasteiger partial charge in [-0.25, -0.2) is 9.97 Å². The fourth-order valence-electron chi connectivity index (χ4n) is 2.17. The van der Waals surface area contributed by atoms with E-state index in [-0.39, 0.29) is 6.61 Å². The minimum absolute atomic E-state index is 0.280. The molecule has 0 bridgehead atoms. The number of hydrogen-bond acceptors (Lipinski definition) is 5. The van der Waals surface area contributed by atoms with Gasteiger partial charge >= 0.3 is 0 Å². The quantitative estimate of drug-likeness (QED) is 0.670. The number of nitrogens with zero attached hydrogens (tertiary/aromatic N) is 3. The summed E-state index contributed by atoms with van der Waals surface area (Å²) < 4.78 is 0. The Morgan fingerprint density at radius 1 is 1.26 bits per heavy atom. The van der Waals surface area contributed by atoms with E-state index in [4.69, 9.17) is 5.11 Å². The lowest BCUT2D eigenvalue weighted by atomic mass is 10.1. The Bertz CT molecular complexity index is 370. The zero-order valence-corrected chi connectivity index (χ0v) is 12.3. The van der Waals surface area contributed by atoms with Crippen LogP contribution in [0.5, 0.6) is 0 Å². The molecule has 0 radical (unpaired) electrons. The highest BCUT2D eigenvalue weighted by Crippen LogP contribution is 2.24. The SMILES string of the molecule is CCCc1c(NC)ncnc1N(C)CCCCCO. The minimum Gasteiger partial charge on any atom is -0.396 e. The number of hydrogen-bond donors (Lipinski definition) is 2. The second-order valence-electron chi connectivity index (χ2n) is 4.73. The molecule has 19 heavy (non-hydrogen) atoms. The molecule has 1 aromatic heterocycles. The Balaban J connectivity index is 2.74. The van der Waals surface area contributed by atoms with E-state index in [2.05, 4.69) is 34.2 Å². The fraction of sp³-hybridized carbons (Fsp3) is 0.714. The highest BCUT2D eigenvalue weighted by molar-refractivity contribution is 5.58. The lowest BCUT2D eigenvalue weighted by molar-refractivity contribution is 0.283. The van der Waals surface area contributed by atoms with Crippen molar-refractivity contribution in [1.29, 1.82) is 0 Å². The molecule has 0 aliphatic carbocycles. The zero-order valence-electron chi connectivity index (χ0n) is 12.3. The van der Waals surface area contributed by atoms with E-state index in [0.29, 0.717) is 0 Å². The average Bonchev–Trinajstić information content (AvgIpc) is 2.44. The molecule has 1 heterocycles. The minimum atomic E-state index is 0.280. The Morgan fingerprint density at radius 2 is 2.05 bits per heavy atom. The van der Waals surface area contributed by atoms with Crippen molar-refractivity contribution in [2.75, 3.05) is 37.5 Å². The zero-order chi connectivity index (χ0) is 14.1. The van der Waals surface area contributed by atoms with Gasteiger partial charge in [-0.1, -0.05) is 13.3 Å². The van der Waals surface area contributed by atoms with Gasteiger partial charge in [-0.05, 0) is 25.7 Å². The number of aliphatic hydroxyl groups is 1. The van der Waals surface area contributed by atoms with Crippen molar-refractivity contribution in [2.45, 2.75) is 39.0 Å². The first-order valence-corrected chi connectivity index (χ1v) is 7.08. The predicted molar refractivity (Wildman–Crippen MR) is 79.8 cm³/mol. The van der Waals surface area contributed by atoms with Crippen LogP contribution < -0.4 is 10.2 Å². The number of anilines is 2. The van der Waals surface area contributed by atoms with Gasteiger partial charge in [0, 0.05) is 32.8 Å². The van der Waals surface area contributed by atoms with Gasteiger partial charge in [-0.15, -0.1) is 0 Å². The van der Waals surface area contributed by atoms with Crippen molar-refractivity contribution in [3.05, 3.63) is 11.9 Å². The molecule has 1 rings (SSSR count). The third kappa shape index (κ3) is 4.67. The molecule has 0 unspecified atom stereocenters. The van der Waals surface area contributed by atoms with Crippen LogP contribution in [0, 0.1) is 0 Å². The number of unbranched alkanes of at least 4 members (excludes halogenated alkanes) is 2. The predicted octanol–water partition coefficient (Wildman–Crippen LogP) is 2.07. The molecule has 5 heteroatoms. The smallest absolute Gasteiger partial charge is 0.137 e. The molecular formula is C14H26N4O. The van der Waals surface area contributed by atoms with Crippen molar-refractivity contribution in [3.63, 3.8) is 0 Å². The topological polar surface area (TPSA) is 61.3 Å². The summed E-state index contributed by atoms with van der Waals surface area (Å²) in [5, 5.41) is 11.9. The molecule has 5 nitrogen and oxygen atoms in total. The monoisotopic (exact) mass is 266 g/mol. The second kappa shape index (κ2) is 8.69. The van der Waals surface area contributed by atoms with Crippen LogP contribution in [0.3, 0.4) is 0 Å². The largest absolute Gasteiger partial charge is 0.396 e. The summed E-state index contributed by atoms with van der Waals surface area (Å²) in [5.74, 6) is 1.94. The van der Waals surface area contributed by atoms with Gasteiger partial charge in [-0.3, -0.25) is 0 Å². The highest BCUT2D eigenvalue weighted by Gasteiger charge is 2.13. The van der Waals surface area contributed by atoms with Gasteiger partial charge in [0.1, 0.15) is 18.0 Å². The van der Waals surface area contributed by atoms with Crippen LogP contribution in [0.1, 0.15) is 38.2 Å². The van der Waals surface area contributed by atoms with E-state index in [1.807, 2.05) is 7.05 Å². The van der Waals surface area contributed by atoms with E-state index in [0.717, 1.165) is 50.3 Å². The fourth-order valence-corrected chi connectivity index (χ4v) is 2.17. The molecular weight excluding hydrogens is 240 g/mol. The van der Waals surface area contributed by atoms with Crippen LogP contribution in [0.4, 0.5) is 11.6 Å². The lowest BCUT2D eigenvalue weighted by Crippen LogP contribution is -2.22. The highest BCUT2D eigenvalue weighted by atomic mass is 16.2. The first kappa shape index (κ1) is 15.7. The number of rotatable bonds is 9. The molecule has 0 aromatic carbocycles. The molecule has 0 fully saturated rings. The van der Waals surface area contributed by atoms with Crippen molar-refractivity contribution >= 4 is 11.6 Å². The van der Waals surface area contributed by atoms with Crippen LogP contribution in [0.2, 0.25) is 0 Å². The van der Waals surface area contributed by atoms with E-state index in [9.17, 15) is 0 Å². The number of aliphatic hydroxyl groups excluding tert-OH is 1. The second-order valence-corrected chi connectivity index (χ2v) is 4.73. The van der Waals surface area contributed by atoms with Gasteiger partial charge in [0.2, 0.25) is 0 Å². The van der Waals surface area contributed by atoms with Crippen LogP contribution in [-0.4, -0.2) is 42.3 Å². The van der Waals surface area contributed by atoms with Gasteiger partial charge in [0.25, 0.3) is 0 Å². The molecule has 0 aliphatic rings. The molecule has 0 saturated heterocycles. The summed E-state index contributed by atoms with van der Waals surface area (Å²) in [7, 11) is 3.96. The van der Waals surface area contributed by atoms with E-state index in [1.54, 1.807) is 6.33 Å². The summed E-state index contributed by atoms with van der Waals surface area (Å²) in [5.41, 5.74) is 1.19. The average molecular weight is 266 g/mol. The molecule has 0 amide bonds. The van der Waals surface area contributed by atoms with E-state index in [1.165, 1.54) is 5.56 Å². The van der Waals surface area contributed by atoms with Gasteiger partial charge in [0.05, 0.1) is 0 Å². The van der Waals surface area contributed by atoms with Crippen molar-refractivity contribution in [1.82, 2.24) is 9.97 Å². The Morgan fingerprint density at radius 3 is 2.68 bits per heavy atom. The van der Waals surface area contributed by atoms with Crippen LogP contribution in [0.25, 0.3) is 0 Å². The third-order valence-corrected chi connectivity index (χ3v) is 3.17. The maximum absolute atomic E-state index is 8.79. The normalized spacial score (nSPS) is 10.5. The maximum atomic E-state index is 8.79. The Kier molecular flexibility index (Phi) is 7.18. The summed E-state index contributed by atoms with van der Waals surface area (Å²) in [6.45, 7) is 3.40. The molecule has 0 aliphatic heterocycles. The Hall–Kier alpha value is -1.36. The summed E-state index contributed by atoms with van der Waals surface area (Å²) in [6.07, 6.45) is 6.67. The molecule has 108 valence electrons. The molecule has 0 saturated carbocycles. The molecule has 2 N–H and O–H groups in total. The number of aromatic nitrogens is 2. The van der Waals surface area contributed by atoms with Crippen molar-refractivity contribution in [3.8, 4) is 0 Å². The number of nitrogens with one attached hydrogen (secondary N) is 1. The summed E-state index contributed by atoms with van der Waals surface area (Å²) >= 11 is 0. The van der Waals surface area contributed by atoms with Crippen molar-refractivity contribution < 1.29 is 5.11 Å². The van der Waals surface area contributed by atoms with Gasteiger partial charge in [0.15, 0.2) is 0 Å². The van der Waals surface area contributed by atoms with Crippen LogP contribution in [-0.2, 0) is 6.42 Å². The molecule has 1 aromatic rings. The first-order chi connectivity index (χ1) is 9.24. The molecule has 0 atom stereocenters. The Labute approximate surface area is 116 Å². The van der Waals surface area contributed by atoms with Crippen molar-refractivity contribution in [2.24, 2.45) is 0 Å². The van der Waals surface area contributed by atoms with Crippen LogP contribution >= 0.6 is 0 Å². The summed E-state index contributed by atoms with van der Waals surface area (Å²) in [6, 6.07) is 0. The van der Waals surface area contributed by atoms with Gasteiger partial charge in [-0.2, -0.15) is 0 Å². The van der Waals surface area contributed by atoms with Crippen LogP contribution in [0.15, 0.2) is 6.33 Å². The maximum Gasteiger partial charge on any atom is 0.137 e. The standard InChI is InChI=1S/C14H26N4O/c1-4-8-12-13(15-2)16-11-17-14(12)18(3)9-6-5-7-10-19/h11,19H,4-10H2,1-3H3,(H,15,16,17). The third-order valence-electron chi connectivity index (χ3n) is 3.17. The molecule has 0 spiro atoms. The lowest BCUT2D eigenvalue weighted by Gasteiger charge is -2.22.